The number of rotatable bonds is 5. The van der Waals surface area contributed by atoms with E-state index >= 15 is 0 Å². The summed E-state index contributed by atoms with van der Waals surface area (Å²) in [6.07, 6.45) is 2.62. The number of halogens is 1. The molecule has 0 spiro atoms. The van der Waals surface area contributed by atoms with Gasteiger partial charge in [-0.25, -0.2) is 4.39 Å². The molecule has 0 aliphatic carbocycles. The molecule has 112 valence electrons. The van der Waals surface area contributed by atoms with Crippen LogP contribution in [0.25, 0.3) is 10.9 Å². The second kappa shape index (κ2) is 6.39. The zero-order valence-corrected chi connectivity index (χ0v) is 12.0. The second-order valence-electron chi connectivity index (χ2n) is 5.04. The van der Waals surface area contributed by atoms with Crippen LogP contribution in [0.15, 0.2) is 54.7 Å². The highest BCUT2D eigenvalue weighted by Crippen LogP contribution is 2.12. The smallest absolute Gasteiger partial charge is 0.251 e. The third-order valence-corrected chi connectivity index (χ3v) is 3.49. The third-order valence-electron chi connectivity index (χ3n) is 3.49. The van der Waals surface area contributed by atoms with Gasteiger partial charge in [0.15, 0.2) is 0 Å². The van der Waals surface area contributed by atoms with Crippen molar-refractivity contribution in [2.75, 3.05) is 6.54 Å². The molecule has 1 amide bonds. The summed E-state index contributed by atoms with van der Waals surface area (Å²) in [7, 11) is 0. The molecule has 3 aromatic rings. The van der Waals surface area contributed by atoms with Gasteiger partial charge in [-0.15, -0.1) is 0 Å². The SMILES string of the molecule is O=C(NCCCn1ncc2ccccc21)c1ccc(F)cc1. The van der Waals surface area contributed by atoms with E-state index < -0.39 is 0 Å². The third kappa shape index (κ3) is 3.14. The highest BCUT2D eigenvalue weighted by molar-refractivity contribution is 5.94. The molecule has 5 heteroatoms. The van der Waals surface area contributed by atoms with Crippen molar-refractivity contribution in [3.8, 4) is 0 Å². The van der Waals surface area contributed by atoms with Gasteiger partial charge in [-0.05, 0) is 36.8 Å². The van der Waals surface area contributed by atoms with Crippen LogP contribution in [0.3, 0.4) is 0 Å². The largest absolute Gasteiger partial charge is 0.352 e. The van der Waals surface area contributed by atoms with Gasteiger partial charge in [0.25, 0.3) is 5.91 Å². The van der Waals surface area contributed by atoms with Crippen molar-refractivity contribution in [2.45, 2.75) is 13.0 Å². The van der Waals surface area contributed by atoms with Crippen molar-refractivity contribution in [1.82, 2.24) is 15.1 Å². The van der Waals surface area contributed by atoms with Gasteiger partial charge in [-0.3, -0.25) is 9.48 Å². The van der Waals surface area contributed by atoms with E-state index in [0.717, 1.165) is 23.9 Å². The maximum Gasteiger partial charge on any atom is 0.251 e. The number of aryl methyl sites for hydroxylation is 1. The van der Waals surface area contributed by atoms with E-state index in [0.29, 0.717) is 12.1 Å². The summed E-state index contributed by atoms with van der Waals surface area (Å²) in [6.45, 7) is 1.28. The fraction of sp³-hybridized carbons (Fsp3) is 0.176. The first-order valence-corrected chi connectivity index (χ1v) is 7.18. The average Bonchev–Trinajstić information content (AvgIpc) is 2.95. The van der Waals surface area contributed by atoms with E-state index in [9.17, 15) is 9.18 Å². The Morgan fingerprint density at radius 1 is 1.14 bits per heavy atom. The van der Waals surface area contributed by atoms with Gasteiger partial charge in [-0.1, -0.05) is 18.2 Å². The van der Waals surface area contributed by atoms with Crippen molar-refractivity contribution < 1.29 is 9.18 Å². The minimum atomic E-state index is -0.345. The molecule has 0 aliphatic rings. The van der Waals surface area contributed by atoms with E-state index in [1.807, 2.05) is 35.1 Å². The lowest BCUT2D eigenvalue weighted by Crippen LogP contribution is -2.25. The molecule has 0 fully saturated rings. The fourth-order valence-corrected chi connectivity index (χ4v) is 2.34. The Bertz CT molecular complexity index is 780. The van der Waals surface area contributed by atoms with Crippen LogP contribution >= 0.6 is 0 Å². The Morgan fingerprint density at radius 3 is 2.73 bits per heavy atom. The number of hydrogen-bond acceptors (Lipinski definition) is 2. The van der Waals surface area contributed by atoms with Crippen LogP contribution in [0.5, 0.6) is 0 Å². The number of nitrogens with zero attached hydrogens (tertiary/aromatic N) is 2. The first-order valence-electron chi connectivity index (χ1n) is 7.18. The summed E-state index contributed by atoms with van der Waals surface area (Å²) < 4.78 is 14.7. The first kappa shape index (κ1) is 14.3. The molecule has 0 saturated heterocycles. The zero-order chi connectivity index (χ0) is 15.4. The summed E-state index contributed by atoms with van der Waals surface area (Å²) in [5.41, 5.74) is 1.55. The van der Waals surface area contributed by atoms with Gasteiger partial charge in [0.2, 0.25) is 0 Å². The molecule has 0 atom stereocenters. The fourth-order valence-electron chi connectivity index (χ4n) is 2.34. The van der Waals surface area contributed by atoms with E-state index in [-0.39, 0.29) is 11.7 Å². The summed E-state index contributed by atoms with van der Waals surface area (Å²) >= 11 is 0. The van der Waals surface area contributed by atoms with Crippen LogP contribution in [0.2, 0.25) is 0 Å². The predicted molar refractivity (Wildman–Crippen MR) is 83.1 cm³/mol. The molecular formula is C17H16FN3O. The van der Waals surface area contributed by atoms with Crippen LogP contribution in [-0.2, 0) is 6.54 Å². The second-order valence-corrected chi connectivity index (χ2v) is 5.04. The van der Waals surface area contributed by atoms with Gasteiger partial charge >= 0.3 is 0 Å². The number of fused-ring (bicyclic) bond motifs is 1. The van der Waals surface area contributed by atoms with Gasteiger partial charge < -0.3 is 5.32 Å². The zero-order valence-electron chi connectivity index (χ0n) is 12.0. The molecule has 0 aliphatic heterocycles. The summed E-state index contributed by atoms with van der Waals surface area (Å²) in [5, 5.41) is 8.28. The van der Waals surface area contributed by atoms with E-state index in [1.165, 1.54) is 24.3 Å². The molecule has 0 saturated carbocycles. The normalized spacial score (nSPS) is 10.8. The molecule has 1 aromatic heterocycles. The van der Waals surface area contributed by atoms with Crippen molar-refractivity contribution in [2.24, 2.45) is 0 Å². The molecule has 22 heavy (non-hydrogen) atoms. The van der Waals surface area contributed by atoms with Gasteiger partial charge in [-0.2, -0.15) is 5.10 Å². The van der Waals surface area contributed by atoms with Gasteiger partial charge in [0.05, 0.1) is 11.7 Å². The van der Waals surface area contributed by atoms with E-state index in [2.05, 4.69) is 10.4 Å². The number of hydrogen-bond donors (Lipinski definition) is 1. The first-order chi connectivity index (χ1) is 10.7. The standard InChI is InChI=1S/C17H16FN3O/c18-15-8-6-13(7-9-15)17(22)19-10-3-11-21-16-5-2-1-4-14(16)12-20-21/h1-2,4-9,12H,3,10-11H2,(H,19,22). The number of amides is 1. The highest BCUT2D eigenvalue weighted by atomic mass is 19.1. The Morgan fingerprint density at radius 2 is 1.91 bits per heavy atom. The number of carbonyl (C=O) groups excluding carboxylic acids is 1. The monoisotopic (exact) mass is 297 g/mol. The van der Waals surface area contributed by atoms with E-state index in [1.54, 1.807) is 0 Å². The molecule has 2 aromatic carbocycles. The summed E-state index contributed by atoms with van der Waals surface area (Å²) in [5.74, 6) is -0.535. The Balaban J connectivity index is 1.51. The lowest BCUT2D eigenvalue weighted by Gasteiger charge is -2.06. The highest BCUT2D eigenvalue weighted by Gasteiger charge is 2.05. The van der Waals surface area contributed by atoms with Crippen LogP contribution in [-0.4, -0.2) is 22.2 Å². The van der Waals surface area contributed by atoms with E-state index in [4.69, 9.17) is 0 Å². The Kier molecular flexibility index (Phi) is 4.14. The van der Waals surface area contributed by atoms with Crippen LogP contribution in [0.4, 0.5) is 4.39 Å². The molecule has 1 heterocycles. The van der Waals surface area contributed by atoms with Crippen molar-refractivity contribution in [1.29, 1.82) is 0 Å². The molecule has 3 rings (SSSR count). The van der Waals surface area contributed by atoms with Crippen LogP contribution in [0.1, 0.15) is 16.8 Å². The number of nitrogens with one attached hydrogen (secondary N) is 1. The Labute approximate surface area is 127 Å². The number of aromatic nitrogens is 2. The molecule has 1 N–H and O–H groups in total. The predicted octanol–water partition coefficient (Wildman–Crippen LogP) is 3.00. The van der Waals surface area contributed by atoms with Crippen molar-refractivity contribution in [3.05, 3.63) is 66.1 Å². The molecule has 0 unspecified atom stereocenters. The number of para-hydroxylation sites is 1. The molecule has 0 bridgehead atoms. The van der Waals surface area contributed by atoms with Gasteiger partial charge in [0.1, 0.15) is 5.82 Å². The maximum absolute atomic E-state index is 12.8. The average molecular weight is 297 g/mol. The lowest BCUT2D eigenvalue weighted by atomic mass is 10.2. The number of benzene rings is 2. The van der Waals surface area contributed by atoms with Crippen LogP contribution in [0, 0.1) is 5.82 Å². The van der Waals surface area contributed by atoms with Crippen molar-refractivity contribution in [3.63, 3.8) is 0 Å². The number of carbonyl (C=O) groups is 1. The lowest BCUT2D eigenvalue weighted by molar-refractivity contribution is 0.0952. The minimum Gasteiger partial charge on any atom is -0.352 e. The molecular weight excluding hydrogens is 281 g/mol. The Hall–Kier alpha value is -2.69. The van der Waals surface area contributed by atoms with Crippen molar-refractivity contribution >= 4 is 16.8 Å². The van der Waals surface area contributed by atoms with Gasteiger partial charge in [0, 0.05) is 24.0 Å². The topological polar surface area (TPSA) is 46.9 Å². The maximum atomic E-state index is 12.8. The molecule has 0 radical (unpaired) electrons. The summed E-state index contributed by atoms with van der Waals surface area (Å²) in [6, 6.07) is 13.5. The molecule has 4 nitrogen and oxygen atoms in total. The minimum absolute atomic E-state index is 0.190. The van der Waals surface area contributed by atoms with Crippen LogP contribution < -0.4 is 5.32 Å². The summed E-state index contributed by atoms with van der Waals surface area (Å²) in [4.78, 5) is 11.9. The quantitative estimate of drug-likeness (QED) is 0.736.